The van der Waals surface area contributed by atoms with Crippen LogP contribution in [0.1, 0.15) is 387 Å². The minimum Gasteiger partial charge on any atom is -0.462 e. The molecule has 0 heterocycles. The van der Waals surface area contributed by atoms with Crippen molar-refractivity contribution in [3.8, 4) is 0 Å². The monoisotopic (exact) mass is 1350 g/mol. The van der Waals surface area contributed by atoms with E-state index < -0.39 is 97.5 Å². The lowest BCUT2D eigenvalue weighted by Crippen LogP contribution is -2.30. The SMILES string of the molecule is CCCCCCCCCCCCCCCCCCCCCCCC(=O)O[C@H](COC(=O)CCCCCCCCCCCCCCCCCCC)COP(=O)(O)OC[C@@H](O)COP(=O)(O)OC[C@@H](COC(=O)CCCCCCCCC)OC(=O)CCCCCCCCC. The quantitative estimate of drug-likeness (QED) is 0.0222. The van der Waals surface area contributed by atoms with Crippen LogP contribution in [0.5, 0.6) is 0 Å². The Morgan fingerprint density at radius 1 is 0.261 bits per heavy atom. The van der Waals surface area contributed by atoms with Crippen LogP contribution in [-0.4, -0.2) is 96.7 Å². The van der Waals surface area contributed by atoms with Crippen molar-refractivity contribution in [3.05, 3.63) is 0 Å². The Bertz CT molecular complexity index is 1760. The molecule has 546 valence electrons. The summed E-state index contributed by atoms with van der Waals surface area (Å²) in [6.45, 7) is 4.87. The van der Waals surface area contributed by atoms with Crippen LogP contribution in [0.2, 0.25) is 0 Å². The van der Waals surface area contributed by atoms with Gasteiger partial charge in [-0.3, -0.25) is 37.3 Å². The van der Waals surface area contributed by atoms with Crippen LogP contribution in [-0.2, 0) is 65.4 Å². The van der Waals surface area contributed by atoms with Gasteiger partial charge in [0.05, 0.1) is 26.4 Å². The number of aliphatic hydroxyl groups is 1. The lowest BCUT2D eigenvalue weighted by atomic mass is 10.0. The minimum atomic E-state index is -4.95. The number of phosphoric acid groups is 2. The highest BCUT2D eigenvalue weighted by atomic mass is 31.2. The highest BCUT2D eigenvalue weighted by Crippen LogP contribution is 2.45. The van der Waals surface area contributed by atoms with Gasteiger partial charge in [0, 0.05) is 25.7 Å². The molecular formula is C73H142O17P2. The molecular weight excluding hydrogens is 1210 g/mol. The van der Waals surface area contributed by atoms with E-state index in [2.05, 4.69) is 27.7 Å². The fraction of sp³-hybridized carbons (Fsp3) is 0.945. The van der Waals surface area contributed by atoms with Crippen molar-refractivity contribution in [1.29, 1.82) is 0 Å². The Labute approximate surface area is 562 Å². The molecule has 0 aliphatic carbocycles. The van der Waals surface area contributed by atoms with Crippen molar-refractivity contribution in [2.75, 3.05) is 39.6 Å². The van der Waals surface area contributed by atoms with Gasteiger partial charge in [-0.25, -0.2) is 9.13 Å². The van der Waals surface area contributed by atoms with E-state index in [0.717, 1.165) is 116 Å². The molecule has 0 radical (unpaired) electrons. The molecule has 0 rings (SSSR count). The van der Waals surface area contributed by atoms with E-state index in [1.165, 1.54) is 193 Å². The molecule has 3 N–H and O–H groups in total. The zero-order valence-corrected chi connectivity index (χ0v) is 61.3. The Kier molecular flexibility index (Phi) is 66.2. The van der Waals surface area contributed by atoms with Gasteiger partial charge in [-0.1, -0.05) is 336 Å². The van der Waals surface area contributed by atoms with E-state index in [1.807, 2.05) is 0 Å². The number of unbranched alkanes of at least 4 members (excludes halogenated alkanes) is 48. The predicted molar refractivity (Wildman–Crippen MR) is 372 cm³/mol. The van der Waals surface area contributed by atoms with E-state index in [0.29, 0.717) is 25.7 Å². The van der Waals surface area contributed by atoms with E-state index in [4.69, 9.17) is 37.0 Å². The van der Waals surface area contributed by atoms with E-state index in [9.17, 15) is 43.2 Å². The first-order chi connectivity index (χ1) is 44.7. The summed E-state index contributed by atoms with van der Waals surface area (Å²) in [5.41, 5.74) is 0. The molecule has 0 aromatic carbocycles. The number of rotatable bonds is 74. The lowest BCUT2D eigenvalue weighted by Gasteiger charge is -2.21. The van der Waals surface area contributed by atoms with Crippen LogP contribution in [0.3, 0.4) is 0 Å². The highest BCUT2D eigenvalue weighted by Gasteiger charge is 2.30. The Morgan fingerprint density at radius 3 is 0.641 bits per heavy atom. The molecule has 0 aromatic heterocycles. The largest absolute Gasteiger partial charge is 0.472 e. The van der Waals surface area contributed by atoms with Crippen LogP contribution in [0.4, 0.5) is 0 Å². The molecule has 17 nitrogen and oxygen atoms in total. The predicted octanol–water partition coefficient (Wildman–Crippen LogP) is 21.4. The maximum atomic E-state index is 13.1. The van der Waals surface area contributed by atoms with Crippen LogP contribution >= 0.6 is 15.6 Å². The third kappa shape index (κ3) is 66.7. The summed E-state index contributed by atoms with van der Waals surface area (Å²) in [6, 6.07) is 0. The number of hydrogen-bond donors (Lipinski definition) is 3. The average molecular weight is 1350 g/mol. The molecule has 0 saturated carbocycles. The molecule has 0 aromatic rings. The third-order valence-electron chi connectivity index (χ3n) is 17.1. The molecule has 2 unspecified atom stereocenters. The van der Waals surface area contributed by atoms with Crippen LogP contribution < -0.4 is 0 Å². The molecule has 92 heavy (non-hydrogen) atoms. The molecule has 0 aliphatic heterocycles. The van der Waals surface area contributed by atoms with E-state index in [-0.39, 0.29) is 25.7 Å². The smallest absolute Gasteiger partial charge is 0.462 e. The van der Waals surface area contributed by atoms with Crippen LogP contribution in [0.25, 0.3) is 0 Å². The standard InChI is InChI=1S/C73H142O17P2/c1-5-9-13-17-21-23-25-27-29-31-32-33-34-36-38-40-42-44-48-52-56-60-73(78)90-69(64-84-71(76)58-54-50-47-43-41-39-37-35-30-28-26-24-22-18-14-10-6-2)66-88-92(81,82)86-62-67(74)61-85-91(79,80)87-65-68(89-72(77)59-55-51-46-20-16-12-8-4)63-83-70(75)57-53-49-45-19-15-11-7-3/h67-69,74H,5-66H2,1-4H3,(H,79,80)(H,81,82)/t67-,68+,69+/m0/s1. The zero-order chi connectivity index (χ0) is 67.5. The number of hydrogen-bond acceptors (Lipinski definition) is 15. The fourth-order valence-electron chi connectivity index (χ4n) is 11.2. The number of esters is 4. The van der Waals surface area contributed by atoms with Gasteiger partial charge in [0.2, 0.25) is 0 Å². The van der Waals surface area contributed by atoms with Crippen molar-refractivity contribution in [1.82, 2.24) is 0 Å². The first-order valence-corrected chi connectivity index (χ1v) is 41.3. The third-order valence-corrected chi connectivity index (χ3v) is 19.0. The van der Waals surface area contributed by atoms with Crippen molar-refractivity contribution in [3.63, 3.8) is 0 Å². The minimum absolute atomic E-state index is 0.104. The van der Waals surface area contributed by atoms with Crippen molar-refractivity contribution in [2.45, 2.75) is 406 Å². The normalized spacial score (nSPS) is 13.9. The number of aliphatic hydroxyl groups excluding tert-OH is 1. The highest BCUT2D eigenvalue weighted by molar-refractivity contribution is 7.47. The first-order valence-electron chi connectivity index (χ1n) is 38.3. The van der Waals surface area contributed by atoms with Gasteiger partial charge in [-0.05, 0) is 25.7 Å². The Balaban J connectivity index is 5.10. The molecule has 19 heteroatoms. The molecule has 0 bridgehead atoms. The van der Waals surface area contributed by atoms with Crippen LogP contribution in [0, 0.1) is 0 Å². The Hall–Kier alpha value is -1.94. The molecule has 0 aliphatic rings. The first kappa shape index (κ1) is 90.1. The molecule has 0 saturated heterocycles. The number of ether oxygens (including phenoxy) is 4. The number of carbonyl (C=O) groups is 4. The van der Waals surface area contributed by atoms with Crippen molar-refractivity contribution >= 4 is 39.5 Å². The Morgan fingerprint density at radius 2 is 0.435 bits per heavy atom. The summed E-state index contributed by atoms with van der Waals surface area (Å²) in [5, 5.41) is 10.6. The second-order valence-electron chi connectivity index (χ2n) is 26.3. The van der Waals surface area contributed by atoms with Gasteiger partial charge < -0.3 is 33.8 Å². The summed E-state index contributed by atoms with van der Waals surface area (Å²) in [5.74, 6) is -2.13. The van der Waals surface area contributed by atoms with Gasteiger partial charge in [-0.15, -0.1) is 0 Å². The summed E-state index contributed by atoms with van der Waals surface area (Å²) in [4.78, 5) is 72.3. The van der Waals surface area contributed by atoms with Gasteiger partial charge in [0.1, 0.15) is 19.3 Å². The average Bonchev–Trinajstić information content (AvgIpc) is 1.78. The maximum Gasteiger partial charge on any atom is 0.472 e. The van der Waals surface area contributed by atoms with E-state index >= 15 is 0 Å². The fourth-order valence-corrected chi connectivity index (χ4v) is 12.8. The summed E-state index contributed by atoms with van der Waals surface area (Å²) in [7, 11) is -9.89. The van der Waals surface area contributed by atoms with Gasteiger partial charge in [0.25, 0.3) is 0 Å². The summed E-state index contributed by atoms with van der Waals surface area (Å²) < 4.78 is 68.1. The van der Waals surface area contributed by atoms with Crippen LogP contribution in [0.15, 0.2) is 0 Å². The maximum absolute atomic E-state index is 13.1. The van der Waals surface area contributed by atoms with Crippen molar-refractivity contribution in [2.24, 2.45) is 0 Å². The van der Waals surface area contributed by atoms with Crippen molar-refractivity contribution < 1.29 is 80.2 Å². The molecule has 5 atom stereocenters. The topological polar surface area (TPSA) is 237 Å². The lowest BCUT2D eigenvalue weighted by molar-refractivity contribution is -0.161. The van der Waals surface area contributed by atoms with Gasteiger partial charge in [-0.2, -0.15) is 0 Å². The second-order valence-corrected chi connectivity index (χ2v) is 29.2. The number of carbonyl (C=O) groups excluding carboxylic acids is 4. The number of phosphoric ester groups is 2. The van der Waals surface area contributed by atoms with Gasteiger partial charge in [0.15, 0.2) is 12.2 Å². The molecule has 0 fully saturated rings. The molecule has 0 spiro atoms. The molecule has 0 amide bonds. The second kappa shape index (κ2) is 67.6. The summed E-state index contributed by atoms with van der Waals surface area (Å²) in [6.07, 6.45) is 57.4. The van der Waals surface area contributed by atoms with E-state index in [1.54, 1.807) is 0 Å². The zero-order valence-electron chi connectivity index (χ0n) is 59.5. The summed E-state index contributed by atoms with van der Waals surface area (Å²) >= 11 is 0. The van der Waals surface area contributed by atoms with Gasteiger partial charge >= 0.3 is 39.5 Å².